The van der Waals surface area contributed by atoms with Gasteiger partial charge in [0.25, 0.3) is 0 Å². The number of aromatic nitrogens is 1. The highest BCUT2D eigenvalue weighted by molar-refractivity contribution is 7.12. The molecule has 0 aromatic carbocycles. The van der Waals surface area contributed by atoms with Gasteiger partial charge in [0, 0.05) is 5.69 Å². The van der Waals surface area contributed by atoms with Gasteiger partial charge in [0.15, 0.2) is 5.78 Å². The smallest absolute Gasteiger partial charge is 0.192 e. The highest BCUT2D eigenvalue weighted by Gasteiger charge is 2.20. The molecular formula is C19H18N2OS. The molecule has 3 rings (SSSR count). The molecule has 0 saturated carbocycles. The first kappa shape index (κ1) is 15.5. The topological polar surface area (TPSA) is 45.8 Å². The molecule has 0 radical (unpaired) electrons. The van der Waals surface area contributed by atoms with Gasteiger partial charge in [-0.05, 0) is 49.8 Å². The van der Waals surface area contributed by atoms with E-state index in [0.717, 1.165) is 34.7 Å². The molecule has 116 valence electrons. The van der Waals surface area contributed by atoms with Gasteiger partial charge in [-0.3, -0.25) is 4.79 Å². The fourth-order valence-corrected chi connectivity index (χ4v) is 3.57. The summed E-state index contributed by atoms with van der Waals surface area (Å²) in [5.74, 6) is 0.0903. The van der Waals surface area contributed by atoms with Crippen molar-refractivity contribution >= 4 is 22.7 Å². The summed E-state index contributed by atoms with van der Waals surface area (Å²) < 4.78 is 1.99. The van der Waals surface area contributed by atoms with Gasteiger partial charge >= 0.3 is 0 Å². The molecule has 0 amide bonds. The second kappa shape index (κ2) is 6.39. The van der Waals surface area contributed by atoms with Crippen molar-refractivity contribution in [3.63, 3.8) is 0 Å². The van der Waals surface area contributed by atoms with Crippen molar-refractivity contribution in [2.75, 3.05) is 0 Å². The fourth-order valence-electron chi connectivity index (χ4n) is 2.91. The summed E-state index contributed by atoms with van der Waals surface area (Å²) in [7, 11) is 0. The molecule has 2 heterocycles. The Morgan fingerprint density at radius 1 is 1.35 bits per heavy atom. The van der Waals surface area contributed by atoms with E-state index in [1.165, 1.54) is 16.9 Å². The number of rotatable bonds is 4. The van der Waals surface area contributed by atoms with Crippen molar-refractivity contribution in [1.29, 1.82) is 5.26 Å². The van der Waals surface area contributed by atoms with Crippen LogP contribution in [0.25, 0.3) is 5.57 Å². The number of ketones is 1. The number of carbonyl (C=O) groups is 1. The van der Waals surface area contributed by atoms with E-state index in [9.17, 15) is 10.1 Å². The molecule has 0 fully saturated rings. The van der Waals surface area contributed by atoms with Crippen molar-refractivity contribution in [3.05, 3.63) is 63.1 Å². The Hall–Kier alpha value is -2.38. The van der Waals surface area contributed by atoms with Gasteiger partial charge in [-0.2, -0.15) is 5.26 Å². The maximum absolute atomic E-state index is 12.5. The Balaban J connectivity index is 2.02. The Labute approximate surface area is 140 Å². The molecule has 4 heteroatoms. The molecule has 0 saturated heterocycles. The molecule has 2 aromatic heterocycles. The second-order valence-electron chi connectivity index (χ2n) is 5.85. The van der Waals surface area contributed by atoms with Crippen LogP contribution in [0.4, 0.5) is 0 Å². The zero-order valence-corrected chi connectivity index (χ0v) is 14.1. The summed E-state index contributed by atoms with van der Waals surface area (Å²) in [6.07, 6.45) is 6.10. The van der Waals surface area contributed by atoms with Crippen molar-refractivity contribution < 1.29 is 4.79 Å². The third kappa shape index (κ3) is 3.06. The number of hydrogen-bond acceptors (Lipinski definition) is 3. The molecular weight excluding hydrogens is 304 g/mol. The molecule has 0 bridgehead atoms. The third-order valence-electron chi connectivity index (χ3n) is 4.18. The first-order valence-corrected chi connectivity index (χ1v) is 8.51. The summed E-state index contributed by atoms with van der Waals surface area (Å²) in [5.41, 5.74) is 4.99. The maximum atomic E-state index is 12.5. The molecule has 2 aromatic rings. The number of allylic oxidation sites excluding steroid dienone is 4. The monoisotopic (exact) mass is 322 g/mol. The molecule has 1 aliphatic rings. The Morgan fingerprint density at radius 3 is 2.78 bits per heavy atom. The number of carbonyl (C=O) groups excluding carboxylic acids is 1. The first-order valence-electron chi connectivity index (χ1n) is 7.64. The largest absolute Gasteiger partial charge is 0.336 e. The van der Waals surface area contributed by atoms with E-state index >= 15 is 0 Å². The maximum Gasteiger partial charge on any atom is 0.192 e. The van der Waals surface area contributed by atoms with Crippen LogP contribution in [-0.4, -0.2) is 10.4 Å². The molecule has 0 unspecified atom stereocenters. The highest BCUT2D eigenvalue weighted by Crippen LogP contribution is 2.31. The first-order chi connectivity index (χ1) is 11.1. The average Bonchev–Trinajstić information content (AvgIpc) is 3.17. The minimum Gasteiger partial charge on any atom is -0.336 e. The van der Waals surface area contributed by atoms with Crippen LogP contribution in [0.15, 0.2) is 41.3 Å². The molecule has 0 aliphatic heterocycles. The van der Waals surface area contributed by atoms with E-state index in [-0.39, 0.29) is 12.3 Å². The zero-order chi connectivity index (χ0) is 16.4. The Bertz CT molecular complexity index is 845. The van der Waals surface area contributed by atoms with Gasteiger partial charge in [0.05, 0.1) is 22.7 Å². The van der Waals surface area contributed by atoms with Gasteiger partial charge in [0.1, 0.15) is 6.07 Å². The predicted molar refractivity (Wildman–Crippen MR) is 93.5 cm³/mol. The molecule has 23 heavy (non-hydrogen) atoms. The number of hydrogen-bond donors (Lipinski definition) is 0. The lowest BCUT2D eigenvalue weighted by atomic mass is 9.95. The molecule has 0 spiro atoms. The number of thiophene rings is 1. The standard InChI is InChI=1S/C19H18N2OS/c1-13-5-7-15(8-6-13)19-16(11-20)10-14(2)21(19)12-17(22)18-4-3-9-23-18/h3-5,7,9-10H,6,8,12H2,1-2H3. The zero-order valence-electron chi connectivity index (χ0n) is 13.3. The summed E-state index contributed by atoms with van der Waals surface area (Å²) in [6.45, 7) is 4.35. The van der Waals surface area contributed by atoms with Gasteiger partial charge in [-0.25, -0.2) is 0 Å². The van der Waals surface area contributed by atoms with Crippen LogP contribution < -0.4 is 0 Å². The summed E-state index contributed by atoms with van der Waals surface area (Å²) in [5, 5.41) is 11.4. The highest BCUT2D eigenvalue weighted by atomic mass is 32.1. The van der Waals surface area contributed by atoms with Crippen LogP contribution in [-0.2, 0) is 6.54 Å². The second-order valence-corrected chi connectivity index (χ2v) is 6.80. The van der Waals surface area contributed by atoms with E-state index in [1.807, 2.05) is 35.1 Å². The number of aryl methyl sites for hydroxylation is 1. The van der Waals surface area contributed by atoms with Gasteiger partial charge < -0.3 is 4.57 Å². The minimum atomic E-state index is 0.0903. The summed E-state index contributed by atoms with van der Waals surface area (Å²) >= 11 is 1.46. The van der Waals surface area contributed by atoms with Crippen molar-refractivity contribution in [2.24, 2.45) is 0 Å². The lowest BCUT2D eigenvalue weighted by Crippen LogP contribution is -2.13. The Morgan fingerprint density at radius 2 is 2.17 bits per heavy atom. The third-order valence-corrected chi connectivity index (χ3v) is 5.09. The number of nitriles is 1. The lowest BCUT2D eigenvalue weighted by Gasteiger charge is -2.16. The molecule has 0 atom stereocenters. The normalized spacial score (nSPS) is 14.1. The number of nitrogens with zero attached hydrogens (tertiary/aromatic N) is 2. The Kier molecular flexibility index (Phi) is 4.31. The minimum absolute atomic E-state index is 0.0903. The van der Waals surface area contributed by atoms with Gasteiger partial charge in [-0.1, -0.05) is 23.8 Å². The molecule has 3 nitrogen and oxygen atoms in total. The van der Waals surface area contributed by atoms with Crippen LogP contribution in [0.1, 0.15) is 46.4 Å². The van der Waals surface area contributed by atoms with Crippen molar-refractivity contribution in [2.45, 2.75) is 33.2 Å². The van der Waals surface area contributed by atoms with Crippen LogP contribution in [0, 0.1) is 18.3 Å². The summed E-state index contributed by atoms with van der Waals surface area (Å²) in [4.78, 5) is 13.2. The summed E-state index contributed by atoms with van der Waals surface area (Å²) in [6, 6.07) is 7.90. The van der Waals surface area contributed by atoms with Crippen LogP contribution in [0.2, 0.25) is 0 Å². The van der Waals surface area contributed by atoms with Crippen LogP contribution in [0.5, 0.6) is 0 Å². The van der Waals surface area contributed by atoms with E-state index in [2.05, 4.69) is 25.1 Å². The average molecular weight is 322 g/mol. The predicted octanol–water partition coefficient (Wildman–Crippen LogP) is 4.74. The van der Waals surface area contributed by atoms with Crippen LogP contribution in [0.3, 0.4) is 0 Å². The van der Waals surface area contributed by atoms with Crippen molar-refractivity contribution in [3.8, 4) is 6.07 Å². The molecule has 0 N–H and O–H groups in total. The van der Waals surface area contributed by atoms with E-state index in [4.69, 9.17) is 0 Å². The van der Waals surface area contributed by atoms with E-state index < -0.39 is 0 Å². The number of Topliss-reactive ketones (excluding diaryl/α,β-unsaturated/α-hetero) is 1. The van der Waals surface area contributed by atoms with Gasteiger partial charge in [0.2, 0.25) is 0 Å². The van der Waals surface area contributed by atoms with Gasteiger partial charge in [-0.15, -0.1) is 11.3 Å². The van der Waals surface area contributed by atoms with E-state index in [1.54, 1.807) is 0 Å². The van der Waals surface area contributed by atoms with E-state index in [0.29, 0.717) is 5.56 Å². The quantitative estimate of drug-likeness (QED) is 0.763. The lowest BCUT2D eigenvalue weighted by molar-refractivity contribution is 0.0975. The molecule has 1 aliphatic carbocycles. The van der Waals surface area contributed by atoms with Crippen molar-refractivity contribution in [1.82, 2.24) is 4.57 Å². The fraction of sp³-hybridized carbons (Fsp3) is 0.263. The van der Waals surface area contributed by atoms with Crippen LogP contribution >= 0.6 is 11.3 Å². The SMILES string of the molecule is CC1=CC=C(c2c(C#N)cc(C)n2CC(=O)c2cccs2)CC1.